The molecule has 1 aliphatic rings. The van der Waals surface area contributed by atoms with Gasteiger partial charge in [0, 0.05) is 10.6 Å². The summed E-state index contributed by atoms with van der Waals surface area (Å²) in [7, 11) is 0. The van der Waals surface area contributed by atoms with Crippen molar-refractivity contribution in [2.24, 2.45) is 0 Å². The van der Waals surface area contributed by atoms with Crippen LogP contribution in [0.5, 0.6) is 0 Å². The number of nitrogens with one attached hydrogen (secondary N) is 1. The molecule has 0 aliphatic heterocycles. The number of thiophene rings is 1. The first-order valence-electron chi connectivity index (χ1n) is 7.54. The van der Waals surface area contributed by atoms with Gasteiger partial charge in [-0.25, -0.2) is 0 Å². The second-order valence-electron chi connectivity index (χ2n) is 6.10. The van der Waals surface area contributed by atoms with E-state index in [0.29, 0.717) is 0 Å². The highest BCUT2D eigenvalue weighted by molar-refractivity contribution is 7.10. The predicted molar refractivity (Wildman–Crippen MR) is 89.0 cm³/mol. The second kappa shape index (κ2) is 5.64. The van der Waals surface area contributed by atoms with E-state index in [0.717, 1.165) is 31.4 Å². The molecule has 1 saturated carbocycles. The van der Waals surface area contributed by atoms with Gasteiger partial charge in [0.1, 0.15) is 0 Å². The van der Waals surface area contributed by atoms with E-state index < -0.39 is 0 Å². The van der Waals surface area contributed by atoms with Gasteiger partial charge >= 0.3 is 0 Å². The van der Waals surface area contributed by atoms with E-state index in [2.05, 4.69) is 36.7 Å². The molecule has 0 radical (unpaired) electrons. The van der Waals surface area contributed by atoms with Crippen LogP contribution in [0, 0.1) is 13.8 Å². The highest BCUT2D eigenvalue weighted by Gasteiger charge is 2.43. The van der Waals surface area contributed by atoms with Crippen molar-refractivity contribution in [3.05, 3.63) is 51.7 Å². The van der Waals surface area contributed by atoms with E-state index in [1.165, 1.54) is 16.0 Å². The number of hydrogen-bond acceptors (Lipinski definition) is 2. The molecule has 1 amide bonds. The molecule has 1 fully saturated rings. The monoisotopic (exact) mass is 299 g/mol. The molecule has 3 rings (SSSR count). The lowest BCUT2D eigenvalue weighted by Crippen LogP contribution is -2.37. The normalized spacial score (nSPS) is 16.9. The summed E-state index contributed by atoms with van der Waals surface area (Å²) in [6.07, 6.45) is 4.20. The average molecular weight is 299 g/mol. The molecule has 3 heteroatoms. The molecule has 1 heterocycles. The van der Waals surface area contributed by atoms with Gasteiger partial charge in [0.2, 0.25) is 5.91 Å². The Hall–Kier alpha value is -1.61. The number of rotatable bonds is 3. The van der Waals surface area contributed by atoms with Gasteiger partial charge in [-0.2, -0.15) is 0 Å². The van der Waals surface area contributed by atoms with Gasteiger partial charge in [-0.1, -0.05) is 25.0 Å². The van der Waals surface area contributed by atoms with Crippen molar-refractivity contribution in [2.45, 2.75) is 44.9 Å². The van der Waals surface area contributed by atoms with E-state index in [1.54, 1.807) is 11.3 Å². The molecule has 1 aliphatic carbocycles. The average Bonchev–Trinajstić information content (AvgIpc) is 3.09. The van der Waals surface area contributed by atoms with Crippen LogP contribution in [0.25, 0.3) is 0 Å². The van der Waals surface area contributed by atoms with Crippen LogP contribution in [-0.2, 0) is 10.2 Å². The molecule has 2 aromatic rings. The van der Waals surface area contributed by atoms with E-state index in [-0.39, 0.29) is 11.3 Å². The molecule has 1 aromatic heterocycles. The van der Waals surface area contributed by atoms with Crippen molar-refractivity contribution in [2.75, 3.05) is 5.32 Å². The van der Waals surface area contributed by atoms with E-state index in [4.69, 9.17) is 0 Å². The summed E-state index contributed by atoms with van der Waals surface area (Å²) >= 11 is 1.70. The Balaban J connectivity index is 1.89. The minimum Gasteiger partial charge on any atom is -0.325 e. The van der Waals surface area contributed by atoms with Crippen LogP contribution in [0.1, 0.15) is 41.7 Å². The number of benzene rings is 1. The fraction of sp³-hybridized carbons (Fsp3) is 0.389. The zero-order chi connectivity index (χ0) is 14.9. The van der Waals surface area contributed by atoms with E-state index >= 15 is 0 Å². The Labute approximate surface area is 130 Å². The maximum atomic E-state index is 13.0. The molecular formula is C18H21NOS. The van der Waals surface area contributed by atoms with Crippen molar-refractivity contribution in [3.63, 3.8) is 0 Å². The highest BCUT2D eigenvalue weighted by atomic mass is 32.1. The first-order valence-corrected chi connectivity index (χ1v) is 8.42. The largest absolute Gasteiger partial charge is 0.325 e. The summed E-state index contributed by atoms with van der Waals surface area (Å²) in [6, 6.07) is 10.4. The third kappa shape index (κ3) is 2.75. The van der Waals surface area contributed by atoms with Gasteiger partial charge < -0.3 is 5.32 Å². The minimum absolute atomic E-state index is 0.160. The van der Waals surface area contributed by atoms with Crippen LogP contribution < -0.4 is 5.32 Å². The summed E-state index contributed by atoms with van der Waals surface area (Å²) in [6.45, 7) is 4.13. The van der Waals surface area contributed by atoms with Gasteiger partial charge in [0.15, 0.2) is 0 Å². The van der Waals surface area contributed by atoms with Gasteiger partial charge in [-0.3, -0.25) is 4.79 Å². The summed E-state index contributed by atoms with van der Waals surface area (Å²) in [4.78, 5) is 14.2. The Morgan fingerprint density at radius 2 is 1.81 bits per heavy atom. The molecule has 110 valence electrons. The smallest absolute Gasteiger partial charge is 0.235 e. The molecule has 2 nitrogen and oxygen atoms in total. The lowest BCUT2D eigenvalue weighted by Gasteiger charge is -2.26. The number of hydrogen-bond donors (Lipinski definition) is 1. The molecule has 21 heavy (non-hydrogen) atoms. The van der Waals surface area contributed by atoms with Crippen molar-refractivity contribution in [1.82, 2.24) is 0 Å². The standard InChI is InChI=1S/C18H21NOS/c1-13-10-14(2)12-15(11-13)19-17(20)18(7-3-4-8-18)16-6-5-9-21-16/h5-6,9-12H,3-4,7-8H2,1-2H3,(H,19,20). The van der Waals surface area contributed by atoms with Gasteiger partial charge in [0.05, 0.1) is 5.41 Å². The summed E-state index contributed by atoms with van der Waals surface area (Å²) in [5, 5.41) is 5.23. The molecule has 0 spiro atoms. The van der Waals surface area contributed by atoms with Gasteiger partial charge in [0.25, 0.3) is 0 Å². The van der Waals surface area contributed by atoms with Crippen molar-refractivity contribution >= 4 is 22.9 Å². The third-order valence-corrected chi connectivity index (χ3v) is 5.44. The SMILES string of the molecule is Cc1cc(C)cc(NC(=O)C2(c3cccs3)CCCC2)c1. The first-order chi connectivity index (χ1) is 10.1. The quantitative estimate of drug-likeness (QED) is 0.865. The van der Waals surface area contributed by atoms with Crippen LogP contribution in [0.4, 0.5) is 5.69 Å². The molecule has 0 unspecified atom stereocenters. The number of carbonyl (C=O) groups excluding carboxylic acids is 1. The molecule has 0 bridgehead atoms. The third-order valence-electron chi connectivity index (χ3n) is 4.36. The van der Waals surface area contributed by atoms with Gasteiger partial charge in [-0.05, 0) is 61.4 Å². The van der Waals surface area contributed by atoms with Crippen LogP contribution in [0.15, 0.2) is 35.7 Å². The minimum atomic E-state index is -0.314. The first kappa shape index (κ1) is 14.3. The number of anilines is 1. The zero-order valence-electron chi connectivity index (χ0n) is 12.6. The Morgan fingerprint density at radius 3 is 2.38 bits per heavy atom. The summed E-state index contributed by atoms with van der Waals surface area (Å²) < 4.78 is 0. The van der Waals surface area contributed by atoms with Crippen LogP contribution >= 0.6 is 11.3 Å². The lowest BCUT2D eigenvalue weighted by atomic mass is 9.83. The molecule has 1 aromatic carbocycles. The van der Waals surface area contributed by atoms with Crippen LogP contribution in [0.2, 0.25) is 0 Å². The summed E-state index contributed by atoms with van der Waals surface area (Å²) in [5.74, 6) is 0.160. The molecule has 1 N–H and O–H groups in total. The van der Waals surface area contributed by atoms with Crippen LogP contribution in [-0.4, -0.2) is 5.91 Å². The molecule has 0 atom stereocenters. The van der Waals surface area contributed by atoms with Crippen LogP contribution in [0.3, 0.4) is 0 Å². The fourth-order valence-electron chi connectivity index (χ4n) is 3.41. The maximum absolute atomic E-state index is 13.0. The Morgan fingerprint density at radius 1 is 1.14 bits per heavy atom. The van der Waals surface area contributed by atoms with E-state index in [9.17, 15) is 4.79 Å². The van der Waals surface area contributed by atoms with Gasteiger partial charge in [-0.15, -0.1) is 11.3 Å². The Bertz CT molecular complexity index is 619. The zero-order valence-corrected chi connectivity index (χ0v) is 13.4. The Kier molecular flexibility index (Phi) is 3.85. The van der Waals surface area contributed by atoms with Crippen molar-refractivity contribution in [1.29, 1.82) is 0 Å². The fourth-order valence-corrected chi connectivity index (χ4v) is 4.40. The number of aryl methyl sites for hydroxylation is 2. The van der Waals surface area contributed by atoms with Crippen molar-refractivity contribution < 1.29 is 4.79 Å². The predicted octanol–water partition coefficient (Wildman–Crippen LogP) is 4.82. The topological polar surface area (TPSA) is 29.1 Å². The number of amides is 1. The lowest BCUT2D eigenvalue weighted by molar-refractivity contribution is -0.121. The van der Waals surface area contributed by atoms with Crippen molar-refractivity contribution in [3.8, 4) is 0 Å². The van der Waals surface area contributed by atoms with E-state index in [1.807, 2.05) is 18.2 Å². The summed E-state index contributed by atoms with van der Waals surface area (Å²) in [5.41, 5.74) is 2.97. The molecule has 0 saturated heterocycles. The highest BCUT2D eigenvalue weighted by Crippen LogP contribution is 2.44. The maximum Gasteiger partial charge on any atom is 0.235 e. The molecular weight excluding hydrogens is 278 g/mol. The second-order valence-corrected chi connectivity index (χ2v) is 7.04. The number of carbonyl (C=O) groups is 1.